The highest BCUT2D eigenvalue weighted by molar-refractivity contribution is 7.92. The first-order valence-corrected chi connectivity index (χ1v) is 9.22. The number of sulfone groups is 1. The van der Waals surface area contributed by atoms with Crippen molar-refractivity contribution in [2.75, 3.05) is 12.4 Å². The maximum Gasteiger partial charge on any atom is 0.223 e. The van der Waals surface area contributed by atoms with Crippen molar-refractivity contribution < 1.29 is 17.9 Å². The second-order valence-corrected chi connectivity index (χ2v) is 8.38. The smallest absolute Gasteiger partial charge is 0.223 e. The Morgan fingerprint density at radius 2 is 2.09 bits per heavy atom. The molecule has 0 spiro atoms. The van der Waals surface area contributed by atoms with Crippen LogP contribution in [0.3, 0.4) is 0 Å². The highest BCUT2D eigenvalue weighted by atomic mass is 32.2. The summed E-state index contributed by atoms with van der Waals surface area (Å²) in [4.78, 5) is 11.9. The topological polar surface area (TPSA) is 72.5 Å². The van der Waals surface area contributed by atoms with E-state index in [1.807, 2.05) is 32.0 Å². The summed E-state index contributed by atoms with van der Waals surface area (Å²) >= 11 is 0. The van der Waals surface area contributed by atoms with Gasteiger partial charge >= 0.3 is 0 Å². The molecular formula is C16H23NO4S. The minimum atomic E-state index is -3.04. The van der Waals surface area contributed by atoms with Gasteiger partial charge in [0, 0.05) is 6.04 Å². The third-order valence-corrected chi connectivity index (χ3v) is 6.39. The number of aryl methyl sites for hydroxylation is 2. The van der Waals surface area contributed by atoms with Crippen LogP contribution in [0.15, 0.2) is 18.2 Å². The first-order chi connectivity index (χ1) is 10.3. The molecule has 0 saturated carbocycles. The molecule has 0 bridgehead atoms. The van der Waals surface area contributed by atoms with Crippen LogP contribution in [0.5, 0.6) is 5.75 Å². The van der Waals surface area contributed by atoms with Crippen molar-refractivity contribution in [2.24, 2.45) is 0 Å². The molecule has 0 aromatic heterocycles. The second-order valence-electron chi connectivity index (χ2n) is 5.90. The van der Waals surface area contributed by atoms with E-state index in [4.69, 9.17) is 4.74 Å². The lowest BCUT2D eigenvalue weighted by Crippen LogP contribution is -2.40. The molecule has 1 N–H and O–H groups in total. The van der Waals surface area contributed by atoms with Crippen molar-refractivity contribution in [3.63, 3.8) is 0 Å². The summed E-state index contributed by atoms with van der Waals surface area (Å²) < 4.78 is 28.9. The number of hydrogen-bond donors (Lipinski definition) is 1. The van der Waals surface area contributed by atoms with Gasteiger partial charge in [0.15, 0.2) is 9.84 Å². The van der Waals surface area contributed by atoms with E-state index in [9.17, 15) is 13.2 Å². The third-order valence-electron chi connectivity index (χ3n) is 4.12. The molecular weight excluding hydrogens is 302 g/mol. The summed E-state index contributed by atoms with van der Waals surface area (Å²) in [6.07, 6.45) is 0.712. The molecule has 1 aliphatic rings. The molecule has 22 heavy (non-hydrogen) atoms. The fourth-order valence-electron chi connectivity index (χ4n) is 2.55. The van der Waals surface area contributed by atoms with Gasteiger partial charge in [0.2, 0.25) is 5.91 Å². The Labute approximate surface area is 132 Å². The van der Waals surface area contributed by atoms with Crippen molar-refractivity contribution in [2.45, 2.75) is 44.9 Å². The van der Waals surface area contributed by atoms with Gasteiger partial charge in [0.05, 0.1) is 24.0 Å². The van der Waals surface area contributed by atoms with Gasteiger partial charge in [-0.15, -0.1) is 0 Å². The Morgan fingerprint density at radius 3 is 2.73 bits per heavy atom. The number of benzene rings is 1. The first kappa shape index (κ1) is 16.8. The van der Waals surface area contributed by atoms with Crippen molar-refractivity contribution >= 4 is 15.7 Å². The second kappa shape index (κ2) is 6.69. The Hall–Kier alpha value is -1.56. The van der Waals surface area contributed by atoms with Gasteiger partial charge in [-0.1, -0.05) is 12.1 Å². The predicted octanol–water partition coefficient (Wildman–Crippen LogP) is 1.76. The molecule has 0 aliphatic carbocycles. The maximum atomic E-state index is 11.9. The Kier molecular flexibility index (Phi) is 5.11. The van der Waals surface area contributed by atoms with E-state index in [2.05, 4.69) is 5.32 Å². The molecule has 0 radical (unpaired) electrons. The van der Waals surface area contributed by atoms with Crippen LogP contribution in [0.25, 0.3) is 0 Å². The zero-order valence-corrected chi connectivity index (χ0v) is 14.1. The average Bonchev–Trinajstić information content (AvgIpc) is 2.70. The van der Waals surface area contributed by atoms with Crippen molar-refractivity contribution in [1.82, 2.24) is 5.32 Å². The molecule has 6 heteroatoms. The average molecular weight is 325 g/mol. The fraction of sp³-hybridized carbons (Fsp3) is 0.562. The number of ether oxygens (including phenoxy) is 1. The molecule has 1 heterocycles. The maximum absolute atomic E-state index is 11.9. The number of hydrogen-bond acceptors (Lipinski definition) is 4. The normalized spacial score (nSPS) is 23.2. The molecule has 2 rings (SSSR count). The van der Waals surface area contributed by atoms with Gasteiger partial charge in [-0.25, -0.2) is 8.42 Å². The van der Waals surface area contributed by atoms with E-state index in [0.717, 1.165) is 16.9 Å². The highest BCUT2D eigenvalue weighted by Gasteiger charge is 2.37. The van der Waals surface area contributed by atoms with Gasteiger partial charge in [-0.05, 0) is 44.4 Å². The fourth-order valence-corrected chi connectivity index (χ4v) is 4.21. The van der Waals surface area contributed by atoms with E-state index < -0.39 is 15.1 Å². The van der Waals surface area contributed by atoms with Crippen LogP contribution in [-0.2, 0) is 14.6 Å². The van der Waals surface area contributed by atoms with Gasteiger partial charge < -0.3 is 10.1 Å². The monoisotopic (exact) mass is 325 g/mol. The summed E-state index contributed by atoms with van der Waals surface area (Å²) in [6, 6.07) is 5.66. The van der Waals surface area contributed by atoms with Gasteiger partial charge in [0.25, 0.3) is 0 Å². The predicted molar refractivity (Wildman–Crippen MR) is 85.8 cm³/mol. The summed E-state index contributed by atoms with van der Waals surface area (Å²) in [6.45, 7) is 5.88. The quantitative estimate of drug-likeness (QED) is 0.895. The molecule has 0 unspecified atom stereocenters. The van der Waals surface area contributed by atoms with Crippen molar-refractivity contribution in [1.29, 1.82) is 0 Å². The van der Waals surface area contributed by atoms with E-state index in [-0.39, 0.29) is 30.7 Å². The minimum absolute atomic E-state index is 0.151. The van der Waals surface area contributed by atoms with Gasteiger partial charge in [-0.3, -0.25) is 4.79 Å². The summed E-state index contributed by atoms with van der Waals surface area (Å²) in [5.74, 6) is 0.766. The van der Waals surface area contributed by atoms with Crippen LogP contribution in [0.2, 0.25) is 0 Å². The molecule has 2 atom stereocenters. The van der Waals surface area contributed by atoms with Crippen LogP contribution in [-0.4, -0.2) is 38.0 Å². The van der Waals surface area contributed by atoms with Crippen LogP contribution in [0.1, 0.15) is 30.9 Å². The van der Waals surface area contributed by atoms with Crippen LogP contribution in [0, 0.1) is 13.8 Å². The standard InChI is InChI=1S/C16H23NO4S/c1-11-4-5-12(2)15(10-11)21-8-6-16(18)17-14-7-9-22(19,20)13(14)3/h4-5,10,13-14H,6-9H2,1-3H3,(H,17,18)/t13-,14-/m0/s1. The molecule has 1 amide bonds. The molecule has 1 aromatic rings. The zero-order chi connectivity index (χ0) is 16.3. The Morgan fingerprint density at radius 1 is 1.36 bits per heavy atom. The zero-order valence-electron chi connectivity index (χ0n) is 13.3. The van der Waals surface area contributed by atoms with Crippen LogP contribution in [0.4, 0.5) is 0 Å². The number of nitrogens with one attached hydrogen (secondary N) is 1. The Bertz CT molecular complexity index is 654. The van der Waals surface area contributed by atoms with Crippen LogP contribution >= 0.6 is 0 Å². The highest BCUT2D eigenvalue weighted by Crippen LogP contribution is 2.21. The summed E-state index contributed by atoms with van der Waals surface area (Å²) in [5.41, 5.74) is 2.14. The number of carbonyl (C=O) groups excluding carboxylic acids is 1. The largest absolute Gasteiger partial charge is 0.493 e. The lowest BCUT2D eigenvalue weighted by Gasteiger charge is -2.16. The Balaban J connectivity index is 1.80. The minimum Gasteiger partial charge on any atom is -0.493 e. The molecule has 1 aliphatic heterocycles. The van der Waals surface area contributed by atoms with E-state index >= 15 is 0 Å². The van der Waals surface area contributed by atoms with Crippen molar-refractivity contribution in [3.8, 4) is 5.75 Å². The van der Waals surface area contributed by atoms with Gasteiger partial charge in [0.1, 0.15) is 5.75 Å². The third kappa shape index (κ3) is 4.00. The van der Waals surface area contributed by atoms with E-state index in [1.165, 1.54) is 0 Å². The molecule has 122 valence electrons. The van der Waals surface area contributed by atoms with Crippen LogP contribution < -0.4 is 10.1 Å². The molecule has 1 saturated heterocycles. The SMILES string of the molecule is Cc1ccc(C)c(OCCC(=O)N[C@H]2CCS(=O)(=O)[C@H]2C)c1. The van der Waals surface area contributed by atoms with Crippen molar-refractivity contribution in [3.05, 3.63) is 29.3 Å². The summed E-state index contributed by atoms with van der Waals surface area (Å²) in [5, 5.41) is 2.30. The van der Waals surface area contributed by atoms with E-state index in [1.54, 1.807) is 6.92 Å². The van der Waals surface area contributed by atoms with E-state index in [0.29, 0.717) is 6.42 Å². The number of rotatable bonds is 5. The molecule has 1 fully saturated rings. The lowest BCUT2D eigenvalue weighted by molar-refractivity contribution is -0.122. The lowest BCUT2D eigenvalue weighted by atomic mass is 10.1. The molecule has 1 aromatic carbocycles. The first-order valence-electron chi connectivity index (χ1n) is 7.50. The number of amides is 1. The molecule has 5 nitrogen and oxygen atoms in total. The number of carbonyl (C=O) groups is 1. The van der Waals surface area contributed by atoms with Gasteiger partial charge in [-0.2, -0.15) is 0 Å². The summed E-state index contributed by atoms with van der Waals surface area (Å²) in [7, 11) is -3.04.